The Morgan fingerprint density at radius 2 is 1.83 bits per heavy atom. The van der Waals surface area contributed by atoms with E-state index in [9.17, 15) is 13.2 Å². The lowest BCUT2D eigenvalue weighted by Gasteiger charge is -2.01. The minimum Gasteiger partial charge on any atom is -0.325 e. The van der Waals surface area contributed by atoms with Crippen molar-refractivity contribution in [2.75, 3.05) is 0 Å². The molecule has 0 unspecified atom stereocenters. The van der Waals surface area contributed by atoms with Gasteiger partial charge in [-0.25, -0.2) is 4.98 Å². The van der Waals surface area contributed by atoms with Gasteiger partial charge in [0.05, 0.1) is 17.0 Å². The van der Waals surface area contributed by atoms with Crippen molar-refractivity contribution in [2.45, 2.75) is 19.1 Å². The highest BCUT2D eigenvalue weighted by Gasteiger charge is 2.30. The summed E-state index contributed by atoms with van der Waals surface area (Å²) in [6, 6.07) is 9.19. The number of rotatable bonds is 3. The number of benzene rings is 1. The van der Waals surface area contributed by atoms with Crippen LogP contribution in [0.15, 0.2) is 30.3 Å². The number of hydrogen-bond donors (Lipinski definition) is 1. The Balaban J connectivity index is 2.36. The van der Waals surface area contributed by atoms with Crippen LogP contribution in [-0.2, 0) is 13.0 Å². The van der Waals surface area contributed by atoms with Crippen molar-refractivity contribution in [3.8, 4) is 10.4 Å². The van der Waals surface area contributed by atoms with E-state index < -0.39 is 12.6 Å². The summed E-state index contributed by atoms with van der Waals surface area (Å²) in [4.78, 5) is 4.68. The van der Waals surface area contributed by atoms with Gasteiger partial charge in [0, 0.05) is 6.54 Å². The molecule has 0 amide bonds. The first kappa shape index (κ1) is 13.0. The second kappa shape index (κ2) is 5.07. The smallest absolute Gasteiger partial charge is 0.325 e. The Hall–Kier alpha value is -1.40. The molecular weight excluding hydrogens is 261 g/mol. The Morgan fingerprint density at radius 3 is 2.39 bits per heavy atom. The van der Waals surface area contributed by atoms with Gasteiger partial charge in [-0.05, 0) is 5.56 Å². The van der Waals surface area contributed by atoms with Crippen molar-refractivity contribution in [3.05, 3.63) is 41.0 Å². The number of hydrogen-bond acceptors (Lipinski definition) is 3. The van der Waals surface area contributed by atoms with Gasteiger partial charge in [-0.15, -0.1) is 11.3 Å². The van der Waals surface area contributed by atoms with Gasteiger partial charge in [-0.2, -0.15) is 13.2 Å². The summed E-state index contributed by atoms with van der Waals surface area (Å²) in [6.07, 6.45) is -5.24. The first-order valence-corrected chi connectivity index (χ1v) is 6.12. The van der Waals surface area contributed by atoms with Crippen LogP contribution in [-0.4, -0.2) is 11.2 Å². The van der Waals surface area contributed by atoms with E-state index in [2.05, 4.69) is 4.98 Å². The molecule has 0 spiro atoms. The number of thiazole rings is 1. The fourth-order valence-corrected chi connectivity index (χ4v) is 2.73. The van der Waals surface area contributed by atoms with Gasteiger partial charge in [-0.3, -0.25) is 0 Å². The van der Waals surface area contributed by atoms with Gasteiger partial charge in [0.1, 0.15) is 5.01 Å². The summed E-state index contributed by atoms with van der Waals surface area (Å²) in [6.45, 7) is 0.137. The number of alkyl halides is 3. The van der Waals surface area contributed by atoms with Crippen molar-refractivity contribution in [3.63, 3.8) is 0 Å². The van der Waals surface area contributed by atoms with Crippen LogP contribution in [0.4, 0.5) is 13.2 Å². The Labute approximate surface area is 106 Å². The van der Waals surface area contributed by atoms with E-state index in [0.717, 1.165) is 21.8 Å². The zero-order valence-corrected chi connectivity index (χ0v) is 10.2. The predicted octanol–water partition coefficient (Wildman–Crippen LogP) is 3.37. The van der Waals surface area contributed by atoms with Gasteiger partial charge >= 0.3 is 6.18 Å². The average molecular weight is 272 g/mol. The van der Waals surface area contributed by atoms with Crippen LogP contribution >= 0.6 is 11.3 Å². The van der Waals surface area contributed by atoms with Gasteiger partial charge in [0.2, 0.25) is 0 Å². The first-order chi connectivity index (χ1) is 8.49. The second-order valence-corrected chi connectivity index (χ2v) is 4.83. The van der Waals surface area contributed by atoms with Crippen molar-refractivity contribution in [1.82, 2.24) is 4.98 Å². The standard InChI is InChI=1S/C12H11F3N2S/c13-12(14,15)6-10-17-9(7-16)11(18-10)8-4-2-1-3-5-8/h1-5H,6-7,16H2. The molecule has 0 aliphatic heterocycles. The lowest BCUT2D eigenvalue weighted by atomic mass is 10.1. The normalized spacial score (nSPS) is 11.8. The molecule has 18 heavy (non-hydrogen) atoms. The highest BCUT2D eigenvalue weighted by Crippen LogP contribution is 2.33. The van der Waals surface area contributed by atoms with Crippen LogP contribution < -0.4 is 5.73 Å². The summed E-state index contributed by atoms with van der Waals surface area (Å²) in [5.41, 5.74) is 6.90. The molecule has 0 aliphatic rings. The lowest BCUT2D eigenvalue weighted by molar-refractivity contribution is -0.127. The highest BCUT2D eigenvalue weighted by atomic mass is 32.1. The van der Waals surface area contributed by atoms with E-state index in [1.54, 1.807) is 0 Å². The van der Waals surface area contributed by atoms with Crippen LogP contribution in [0.3, 0.4) is 0 Å². The van der Waals surface area contributed by atoms with Crippen molar-refractivity contribution < 1.29 is 13.2 Å². The quantitative estimate of drug-likeness (QED) is 0.930. The third-order valence-electron chi connectivity index (χ3n) is 2.32. The molecule has 6 heteroatoms. The molecule has 0 fully saturated rings. The van der Waals surface area contributed by atoms with Gasteiger partial charge in [0.25, 0.3) is 0 Å². The van der Waals surface area contributed by atoms with Crippen LogP contribution in [0.5, 0.6) is 0 Å². The zero-order chi connectivity index (χ0) is 13.2. The second-order valence-electron chi connectivity index (χ2n) is 3.75. The Kier molecular flexibility index (Phi) is 3.68. The average Bonchev–Trinajstić information content (AvgIpc) is 2.71. The zero-order valence-electron chi connectivity index (χ0n) is 9.37. The molecular formula is C12H11F3N2S. The van der Waals surface area contributed by atoms with Crippen molar-refractivity contribution >= 4 is 11.3 Å². The van der Waals surface area contributed by atoms with Gasteiger partial charge in [-0.1, -0.05) is 30.3 Å². The molecule has 0 bridgehead atoms. The lowest BCUT2D eigenvalue weighted by Crippen LogP contribution is -2.11. The van der Waals surface area contributed by atoms with E-state index in [4.69, 9.17) is 5.73 Å². The predicted molar refractivity (Wildman–Crippen MR) is 65.2 cm³/mol. The molecule has 0 atom stereocenters. The van der Waals surface area contributed by atoms with Crippen molar-refractivity contribution in [2.24, 2.45) is 5.73 Å². The van der Waals surface area contributed by atoms with Crippen LogP contribution in [0.1, 0.15) is 10.7 Å². The third kappa shape index (κ3) is 3.08. The molecule has 0 aliphatic carbocycles. The summed E-state index contributed by atoms with van der Waals surface area (Å²) in [5.74, 6) is 0. The Bertz CT molecular complexity index is 520. The molecule has 1 aromatic carbocycles. The highest BCUT2D eigenvalue weighted by molar-refractivity contribution is 7.15. The summed E-state index contributed by atoms with van der Waals surface area (Å²) in [5, 5.41) is 0.0572. The minimum absolute atomic E-state index is 0.0572. The maximum atomic E-state index is 12.3. The van der Waals surface area contributed by atoms with E-state index in [1.165, 1.54) is 0 Å². The minimum atomic E-state index is -4.24. The third-order valence-corrected chi connectivity index (χ3v) is 3.47. The molecule has 0 saturated carbocycles. The van der Waals surface area contributed by atoms with E-state index in [0.29, 0.717) is 5.69 Å². The molecule has 96 valence electrons. The maximum absolute atomic E-state index is 12.3. The number of nitrogens with zero attached hydrogens (tertiary/aromatic N) is 1. The first-order valence-electron chi connectivity index (χ1n) is 5.30. The molecule has 0 radical (unpaired) electrons. The van der Waals surface area contributed by atoms with Gasteiger partial charge in [0.15, 0.2) is 0 Å². The molecule has 0 saturated heterocycles. The largest absolute Gasteiger partial charge is 0.395 e. The molecule has 2 aromatic rings. The van der Waals surface area contributed by atoms with Crippen LogP contribution in [0.2, 0.25) is 0 Å². The summed E-state index contributed by atoms with van der Waals surface area (Å²) in [7, 11) is 0. The Morgan fingerprint density at radius 1 is 1.17 bits per heavy atom. The van der Waals surface area contributed by atoms with Crippen LogP contribution in [0, 0.1) is 0 Å². The van der Waals surface area contributed by atoms with E-state index in [1.807, 2.05) is 30.3 Å². The van der Waals surface area contributed by atoms with Crippen molar-refractivity contribution in [1.29, 1.82) is 0 Å². The van der Waals surface area contributed by atoms with E-state index in [-0.39, 0.29) is 11.6 Å². The summed E-state index contributed by atoms with van der Waals surface area (Å²) >= 11 is 1.05. The number of aromatic nitrogens is 1. The molecule has 1 aromatic heterocycles. The van der Waals surface area contributed by atoms with E-state index >= 15 is 0 Å². The maximum Gasteiger partial charge on any atom is 0.395 e. The monoisotopic (exact) mass is 272 g/mol. The van der Waals surface area contributed by atoms with Crippen LogP contribution in [0.25, 0.3) is 10.4 Å². The number of nitrogens with two attached hydrogens (primary N) is 1. The topological polar surface area (TPSA) is 38.9 Å². The molecule has 1 heterocycles. The summed E-state index contributed by atoms with van der Waals surface area (Å²) < 4.78 is 37.0. The number of halogens is 3. The van der Waals surface area contributed by atoms with Gasteiger partial charge < -0.3 is 5.73 Å². The fourth-order valence-electron chi connectivity index (χ4n) is 1.60. The molecule has 2 N–H and O–H groups in total. The molecule has 2 rings (SSSR count). The fraction of sp³-hybridized carbons (Fsp3) is 0.250. The molecule has 2 nitrogen and oxygen atoms in total. The SMILES string of the molecule is NCc1nc(CC(F)(F)F)sc1-c1ccccc1.